The number of fused-ring (bicyclic) bond motifs is 1. The second-order valence-electron chi connectivity index (χ2n) is 5.81. The number of amides is 1. The van der Waals surface area contributed by atoms with Crippen LogP contribution in [0.2, 0.25) is 0 Å². The summed E-state index contributed by atoms with van der Waals surface area (Å²) in [5.41, 5.74) is 1.43. The largest absolute Gasteiger partial charge is 0.486 e. The first-order chi connectivity index (χ1) is 12.0. The van der Waals surface area contributed by atoms with E-state index in [-0.39, 0.29) is 17.6 Å². The molecule has 3 rings (SSSR count). The van der Waals surface area contributed by atoms with Gasteiger partial charge in [0.1, 0.15) is 13.2 Å². The number of carbonyl (C=O) groups is 1. The van der Waals surface area contributed by atoms with E-state index in [4.69, 9.17) is 9.47 Å². The molecule has 0 bridgehead atoms. The van der Waals surface area contributed by atoms with E-state index < -0.39 is 4.92 Å². The van der Waals surface area contributed by atoms with Crippen LogP contribution in [0, 0.1) is 17.0 Å². The molecule has 1 aliphatic rings. The molecule has 1 heterocycles. The quantitative estimate of drug-likeness (QED) is 0.681. The Morgan fingerprint density at radius 3 is 2.64 bits per heavy atom. The molecule has 7 heteroatoms. The molecule has 7 nitrogen and oxygen atoms in total. The summed E-state index contributed by atoms with van der Waals surface area (Å²) in [4.78, 5) is 23.1. The molecule has 0 aromatic heterocycles. The number of rotatable bonds is 4. The van der Waals surface area contributed by atoms with E-state index in [0.29, 0.717) is 35.8 Å². The maximum atomic E-state index is 12.5. The number of nitrogens with one attached hydrogen (secondary N) is 1. The first-order valence-electron chi connectivity index (χ1n) is 7.92. The van der Waals surface area contributed by atoms with E-state index in [1.165, 1.54) is 12.1 Å². The van der Waals surface area contributed by atoms with Crippen molar-refractivity contribution < 1.29 is 19.2 Å². The fraction of sp³-hybridized carbons (Fsp3) is 0.278. The first-order valence-corrected chi connectivity index (χ1v) is 7.92. The van der Waals surface area contributed by atoms with E-state index in [0.717, 1.165) is 5.56 Å². The fourth-order valence-corrected chi connectivity index (χ4v) is 2.75. The molecule has 0 unspecified atom stereocenters. The summed E-state index contributed by atoms with van der Waals surface area (Å²) >= 11 is 0. The molecule has 0 aliphatic carbocycles. The van der Waals surface area contributed by atoms with Gasteiger partial charge in [-0.2, -0.15) is 0 Å². The van der Waals surface area contributed by atoms with Gasteiger partial charge in [-0.1, -0.05) is 12.1 Å². The van der Waals surface area contributed by atoms with Crippen molar-refractivity contribution in [2.24, 2.45) is 0 Å². The minimum atomic E-state index is -0.490. The van der Waals surface area contributed by atoms with Gasteiger partial charge < -0.3 is 14.8 Å². The molecule has 1 aliphatic heterocycles. The van der Waals surface area contributed by atoms with Crippen LogP contribution >= 0.6 is 0 Å². The molecule has 0 saturated heterocycles. The second-order valence-corrected chi connectivity index (χ2v) is 5.81. The Hall–Kier alpha value is -3.09. The number of nitro groups is 1. The highest BCUT2D eigenvalue weighted by atomic mass is 16.6. The topological polar surface area (TPSA) is 90.7 Å². The minimum Gasteiger partial charge on any atom is -0.486 e. The highest BCUT2D eigenvalue weighted by molar-refractivity contribution is 5.96. The second kappa shape index (κ2) is 6.80. The Bertz CT molecular complexity index is 834. The van der Waals surface area contributed by atoms with E-state index in [9.17, 15) is 14.9 Å². The number of nitro benzene ring substituents is 1. The molecule has 1 N–H and O–H groups in total. The summed E-state index contributed by atoms with van der Waals surface area (Å²) in [6.45, 7) is 4.42. The van der Waals surface area contributed by atoms with Crippen LogP contribution in [0.25, 0.3) is 0 Å². The molecule has 1 amide bonds. The highest BCUT2D eigenvalue weighted by Gasteiger charge is 2.20. The normalized spacial score (nSPS) is 13.8. The maximum Gasteiger partial charge on any atom is 0.273 e. The SMILES string of the molecule is Cc1c(C(=O)N[C@@H](C)c2ccc3c(c2)OCCO3)cccc1[N+](=O)[O-]. The molecular weight excluding hydrogens is 324 g/mol. The number of nitrogens with zero attached hydrogens (tertiary/aromatic N) is 1. The molecular formula is C18H18N2O5. The summed E-state index contributed by atoms with van der Waals surface area (Å²) in [5.74, 6) is 0.975. The standard InChI is InChI=1S/C18H18N2O5/c1-11-14(4-3-5-15(11)20(22)23)18(21)19-12(2)13-6-7-16-17(10-13)25-9-8-24-16/h3-7,10,12H,8-9H2,1-2H3,(H,19,21)/t12-/m0/s1. The summed E-state index contributed by atoms with van der Waals surface area (Å²) in [5, 5.41) is 13.9. The summed E-state index contributed by atoms with van der Waals surface area (Å²) in [6, 6.07) is 9.69. The van der Waals surface area contributed by atoms with Crippen molar-refractivity contribution in [2.75, 3.05) is 13.2 Å². The third-order valence-electron chi connectivity index (χ3n) is 4.16. The maximum absolute atomic E-state index is 12.5. The number of ether oxygens (including phenoxy) is 2. The van der Waals surface area contributed by atoms with Gasteiger partial charge in [0.2, 0.25) is 0 Å². The van der Waals surface area contributed by atoms with Gasteiger partial charge in [0.25, 0.3) is 11.6 Å². The number of benzene rings is 2. The average Bonchev–Trinajstić information content (AvgIpc) is 2.61. The van der Waals surface area contributed by atoms with E-state index in [2.05, 4.69) is 5.32 Å². The van der Waals surface area contributed by atoms with Gasteiger partial charge in [0, 0.05) is 17.2 Å². The van der Waals surface area contributed by atoms with E-state index in [1.807, 2.05) is 25.1 Å². The van der Waals surface area contributed by atoms with Crippen molar-refractivity contribution in [1.82, 2.24) is 5.32 Å². The zero-order valence-electron chi connectivity index (χ0n) is 13.9. The first kappa shape index (κ1) is 16.8. The van der Waals surface area contributed by atoms with Gasteiger partial charge in [-0.3, -0.25) is 14.9 Å². The monoisotopic (exact) mass is 342 g/mol. The molecule has 130 valence electrons. The van der Waals surface area contributed by atoms with Crippen LogP contribution in [0.4, 0.5) is 5.69 Å². The Morgan fingerprint density at radius 1 is 1.20 bits per heavy atom. The lowest BCUT2D eigenvalue weighted by Crippen LogP contribution is -2.27. The van der Waals surface area contributed by atoms with Crippen LogP contribution in [0.3, 0.4) is 0 Å². The van der Waals surface area contributed by atoms with Gasteiger partial charge in [0.15, 0.2) is 11.5 Å². The average molecular weight is 342 g/mol. The van der Waals surface area contributed by atoms with Crippen molar-refractivity contribution in [3.05, 3.63) is 63.2 Å². The van der Waals surface area contributed by atoms with Gasteiger partial charge in [-0.15, -0.1) is 0 Å². The third-order valence-corrected chi connectivity index (χ3v) is 4.16. The molecule has 2 aromatic carbocycles. The van der Waals surface area contributed by atoms with Crippen molar-refractivity contribution in [1.29, 1.82) is 0 Å². The summed E-state index contributed by atoms with van der Waals surface area (Å²) in [6.07, 6.45) is 0. The molecule has 1 atom stereocenters. The fourth-order valence-electron chi connectivity index (χ4n) is 2.75. The van der Waals surface area contributed by atoms with Crippen LogP contribution in [0.5, 0.6) is 11.5 Å². The van der Waals surface area contributed by atoms with Crippen molar-refractivity contribution >= 4 is 11.6 Å². The molecule has 0 spiro atoms. The van der Waals surface area contributed by atoms with Crippen molar-refractivity contribution in [3.63, 3.8) is 0 Å². The molecule has 25 heavy (non-hydrogen) atoms. The number of carbonyl (C=O) groups excluding carboxylic acids is 1. The van der Waals surface area contributed by atoms with Crippen LogP contribution in [0.1, 0.15) is 34.5 Å². The van der Waals surface area contributed by atoms with E-state index in [1.54, 1.807) is 13.0 Å². The predicted molar refractivity (Wildman–Crippen MR) is 91.1 cm³/mol. The van der Waals surface area contributed by atoms with Crippen molar-refractivity contribution in [3.8, 4) is 11.5 Å². The van der Waals surface area contributed by atoms with Crippen LogP contribution in [0.15, 0.2) is 36.4 Å². The minimum absolute atomic E-state index is 0.0698. The van der Waals surface area contributed by atoms with Gasteiger partial charge >= 0.3 is 0 Å². The lowest BCUT2D eigenvalue weighted by atomic mass is 10.0. The molecule has 0 saturated carbocycles. The lowest BCUT2D eigenvalue weighted by molar-refractivity contribution is -0.385. The van der Waals surface area contributed by atoms with Gasteiger partial charge in [-0.05, 0) is 37.6 Å². The van der Waals surface area contributed by atoms with Crippen LogP contribution in [-0.4, -0.2) is 24.0 Å². The third kappa shape index (κ3) is 3.40. The van der Waals surface area contributed by atoms with Crippen LogP contribution < -0.4 is 14.8 Å². The van der Waals surface area contributed by atoms with Crippen molar-refractivity contribution in [2.45, 2.75) is 19.9 Å². The van der Waals surface area contributed by atoms with E-state index >= 15 is 0 Å². The van der Waals surface area contributed by atoms with Crippen LogP contribution in [-0.2, 0) is 0 Å². The Morgan fingerprint density at radius 2 is 1.92 bits per heavy atom. The zero-order chi connectivity index (χ0) is 18.0. The Labute approximate surface area is 144 Å². The lowest BCUT2D eigenvalue weighted by Gasteiger charge is -2.21. The smallest absolute Gasteiger partial charge is 0.273 e. The summed E-state index contributed by atoms with van der Waals surface area (Å²) < 4.78 is 11.0. The zero-order valence-corrected chi connectivity index (χ0v) is 13.9. The number of hydrogen-bond acceptors (Lipinski definition) is 5. The molecule has 0 radical (unpaired) electrons. The van der Waals surface area contributed by atoms with Gasteiger partial charge in [-0.25, -0.2) is 0 Å². The predicted octanol–water partition coefficient (Wildman–Crippen LogP) is 3.17. The molecule has 2 aromatic rings. The highest BCUT2D eigenvalue weighted by Crippen LogP contribution is 2.32. The Kier molecular flexibility index (Phi) is 4.56. The van der Waals surface area contributed by atoms with Gasteiger partial charge in [0.05, 0.1) is 11.0 Å². The summed E-state index contributed by atoms with van der Waals surface area (Å²) in [7, 11) is 0. The Balaban J connectivity index is 1.79. The molecule has 0 fully saturated rings. The number of hydrogen-bond donors (Lipinski definition) is 1.